The lowest BCUT2D eigenvalue weighted by Gasteiger charge is -2.38. The lowest BCUT2D eigenvalue weighted by molar-refractivity contribution is -0.155. The largest absolute Gasteiger partial charge is 0.480 e. The van der Waals surface area contributed by atoms with Crippen LogP contribution >= 0.6 is 0 Å². The van der Waals surface area contributed by atoms with Gasteiger partial charge in [0.15, 0.2) is 0 Å². The van der Waals surface area contributed by atoms with Crippen LogP contribution in [0.25, 0.3) is 0 Å². The molecule has 114 valence electrons. The number of carbonyl (C=O) groups excluding carboxylic acids is 2. The molecule has 4 aliphatic rings. The van der Waals surface area contributed by atoms with Crippen LogP contribution in [0.15, 0.2) is 12.2 Å². The number of aliphatic carboxylic acids is 1. The van der Waals surface area contributed by atoms with Gasteiger partial charge in [-0.05, 0) is 37.0 Å². The molecule has 0 aromatic carbocycles. The quantitative estimate of drug-likeness (QED) is 0.631. The van der Waals surface area contributed by atoms with E-state index in [1.807, 2.05) is 26.0 Å². The maximum Gasteiger partial charge on any atom is 0.326 e. The molecular formula is C16H21NO4. The Morgan fingerprint density at radius 1 is 1.19 bits per heavy atom. The van der Waals surface area contributed by atoms with Crippen LogP contribution in [0.4, 0.5) is 0 Å². The SMILES string of the molecule is CC(C)CC(C(=O)O)N1C(=O)C2C3C=CC(CC3)C2C1=O. The molecule has 2 bridgehead atoms. The molecule has 0 aromatic rings. The van der Waals surface area contributed by atoms with Gasteiger partial charge in [-0.25, -0.2) is 4.79 Å². The lowest BCUT2D eigenvalue weighted by Crippen LogP contribution is -2.46. The van der Waals surface area contributed by atoms with Gasteiger partial charge in [0.25, 0.3) is 0 Å². The molecule has 2 fully saturated rings. The fourth-order valence-corrected chi connectivity index (χ4v) is 4.17. The molecule has 0 radical (unpaired) electrons. The Morgan fingerprint density at radius 3 is 2.00 bits per heavy atom. The summed E-state index contributed by atoms with van der Waals surface area (Å²) in [6, 6.07) is -1.02. The van der Waals surface area contributed by atoms with Crippen molar-refractivity contribution in [1.29, 1.82) is 0 Å². The number of hydrogen-bond acceptors (Lipinski definition) is 3. The summed E-state index contributed by atoms with van der Waals surface area (Å²) in [7, 11) is 0. The third kappa shape index (κ3) is 2.10. The molecule has 1 saturated carbocycles. The summed E-state index contributed by atoms with van der Waals surface area (Å²) >= 11 is 0. The van der Waals surface area contributed by atoms with Gasteiger partial charge in [0.1, 0.15) is 6.04 Å². The number of allylic oxidation sites excluding steroid dienone is 2. The Hall–Kier alpha value is -1.65. The Labute approximate surface area is 124 Å². The predicted molar refractivity (Wildman–Crippen MR) is 75.1 cm³/mol. The molecule has 1 aliphatic heterocycles. The van der Waals surface area contributed by atoms with Crippen molar-refractivity contribution in [2.45, 2.75) is 39.2 Å². The van der Waals surface area contributed by atoms with Gasteiger partial charge < -0.3 is 5.11 Å². The first-order valence-electron chi connectivity index (χ1n) is 7.70. The van der Waals surface area contributed by atoms with Crippen molar-refractivity contribution < 1.29 is 19.5 Å². The molecule has 5 unspecified atom stereocenters. The highest BCUT2D eigenvalue weighted by Gasteiger charge is 2.58. The van der Waals surface area contributed by atoms with Crippen molar-refractivity contribution in [3.05, 3.63) is 12.2 Å². The Balaban J connectivity index is 1.92. The number of rotatable bonds is 4. The second-order valence-electron chi connectivity index (χ2n) is 6.87. The minimum atomic E-state index is -1.08. The summed E-state index contributed by atoms with van der Waals surface area (Å²) in [6.07, 6.45) is 6.26. The van der Waals surface area contributed by atoms with E-state index in [9.17, 15) is 19.5 Å². The monoisotopic (exact) mass is 291 g/mol. The first-order valence-corrected chi connectivity index (χ1v) is 7.70. The van der Waals surface area contributed by atoms with Gasteiger partial charge >= 0.3 is 5.97 Å². The number of likely N-dealkylation sites (tertiary alicyclic amines) is 1. The van der Waals surface area contributed by atoms with Crippen LogP contribution in [-0.2, 0) is 14.4 Å². The minimum absolute atomic E-state index is 0.106. The summed E-state index contributed by atoms with van der Waals surface area (Å²) in [6.45, 7) is 3.80. The van der Waals surface area contributed by atoms with Crippen LogP contribution in [0.1, 0.15) is 33.1 Å². The smallest absolute Gasteiger partial charge is 0.326 e. The van der Waals surface area contributed by atoms with Gasteiger partial charge in [-0.15, -0.1) is 0 Å². The zero-order valence-electron chi connectivity index (χ0n) is 12.4. The highest BCUT2D eigenvalue weighted by atomic mass is 16.4. The molecule has 2 amide bonds. The summed E-state index contributed by atoms with van der Waals surface area (Å²) in [5, 5.41) is 9.44. The number of amides is 2. The molecular weight excluding hydrogens is 270 g/mol. The van der Waals surface area contributed by atoms with Crippen LogP contribution in [0, 0.1) is 29.6 Å². The molecule has 5 atom stereocenters. The first kappa shape index (κ1) is 14.3. The fraction of sp³-hybridized carbons (Fsp3) is 0.688. The van der Waals surface area contributed by atoms with Gasteiger partial charge in [0, 0.05) is 0 Å². The fourth-order valence-electron chi connectivity index (χ4n) is 4.17. The number of imide groups is 1. The van der Waals surface area contributed by atoms with Crippen molar-refractivity contribution in [2.24, 2.45) is 29.6 Å². The lowest BCUT2D eigenvalue weighted by atomic mass is 9.63. The summed E-state index contributed by atoms with van der Waals surface area (Å²) < 4.78 is 0. The summed E-state index contributed by atoms with van der Waals surface area (Å²) in [4.78, 5) is 38.0. The van der Waals surface area contributed by atoms with E-state index >= 15 is 0 Å². The van der Waals surface area contributed by atoms with Crippen molar-refractivity contribution in [3.8, 4) is 0 Å². The molecule has 1 N–H and O–H groups in total. The van der Waals surface area contributed by atoms with Crippen LogP contribution < -0.4 is 0 Å². The zero-order valence-corrected chi connectivity index (χ0v) is 12.4. The van der Waals surface area contributed by atoms with Crippen molar-refractivity contribution in [3.63, 3.8) is 0 Å². The Bertz CT molecular complexity index is 492. The third-order valence-electron chi connectivity index (χ3n) is 5.08. The number of carbonyl (C=O) groups is 3. The third-order valence-corrected chi connectivity index (χ3v) is 5.08. The minimum Gasteiger partial charge on any atom is -0.480 e. The maximum absolute atomic E-state index is 12.7. The first-order chi connectivity index (χ1) is 9.91. The molecule has 3 aliphatic carbocycles. The van der Waals surface area contributed by atoms with Gasteiger partial charge in [0.2, 0.25) is 11.8 Å². The number of hydrogen-bond donors (Lipinski definition) is 1. The van der Waals surface area contributed by atoms with E-state index in [1.54, 1.807) is 0 Å². The number of carboxylic acid groups (broad SMARTS) is 1. The van der Waals surface area contributed by atoms with Crippen molar-refractivity contribution in [1.82, 2.24) is 4.90 Å². The van der Waals surface area contributed by atoms with E-state index in [4.69, 9.17) is 0 Å². The van der Waals surface area contributed by atoms with E-state index in [0.29, 0.717) is 6.42 Å². The standard InChI is InChI=1S/C16H21NO4/c1-8(2)7-11(16(20)21)17-14(18)12-9-3-4-10(6-5-9)13(12)15(17)19/h3-4,8-13H,5-7H2,1-2H3,(H,20,21). The van der Waals surface area contributed by atoms with Crippen LogP contribution in [0.2, 0.25) is 0 Å². The topological polar surface area (TPSA) is 74.7 Å². The molecule has 0 spiro atoms. The van der Waals surface area contributed by atoms with Gasteiger partial charge in [-0.2, -0.15) is 0 Å². The number of carboxylic acids is 1. The normalized spacial score (nSPS) is 35.5. The molecule has 4 rings (SSSR count). The van der Waals surface area contributed by atoms with E-state index < -0.39 is 12.0 Å². The van der Waals surface area contributed by atoms with Gasteiger partial charge in [0.05, 0.1) is 11.8 Å². The van der Waals surface area contributed by atoms with Crippen LogP contribution in [0.3, 0.4) is 0 Å². The molecule has 1 heterocycles. The van der Waals surface area contributed by atoms with E-state index in [-0.39, 0.29) is 41.4 Å². The van der Waals surface area contributed by atoms with Crippen LogP contribution in [-0.4, -0.2) is 33.8 Å². The highest BCUT2D eigenvalue weighted by molar-refractivity contribution is 6.08. The molecule has 21 heavy (non-hydrogen) atoms. The average molecular weight is 291 g/mol. The molecule has 0 aromatic heterocycles. The van der Waals surface area contributed by atoms with E-state index in [1.165, 1.54) is 0 Å². The second kappa shape index (κ2) is 4.97. The Morgan fingerprint density at radius 2 is 1.67 bits per heavy atom. The molecule has 5 nitrogen and oxygen atoms in total. The highest BCUT2D eigenvalue weighted by Crippen LogP contribution is 2.50. The number of nitrogens with zero attached hydrogens (tertiary/aromatic N) is 1. The number of fused-ring (bicyclic) bond motifs is 1. The Kier molecular flexibility index (Phi) is 3.38. The van der Waals surface area contributed by atoms with Gasteiger partial charge in [-0.1, -0.05) is 26.0 Å². The molecule has 1 saturated heterocycles. The van der Waals surface area contributed by atoms with Crippen molar-refractivity contribution >= 4 is 17.8 Å². The second-order valence-corrected chi connectivity index (χ2v) is 6.87. The summed E-state index contributed by atoms with van der Waals surface area (Å²) in [5.74, 6) is -1.93. The maximum atomic E-state index is 12.7. The average Bonchev–Trinajstić information content (AvgIpc) is 2.72. The molecule has 5 heteroatoms. The van der Waals surface area contributed by atoms with Crippen LogP contribution in [0.5, 0.6) is 0 Å². The van der Waals surface area contributed by atoms with E-state index in [0.717, 1.165) is 17.7 Å². The van der Waals surface area contributed by atoms with E-state index in [2.05, 4.69) is 0 Å². The summed E-state index contributed by atoms with van der Waals surface area (Å²) in [5.41, 5.74) is 0. The van der Waals surface area contributed by atoms with Crippen molar-refractivity contribution in [2.75, 3.05) is 0 Å². The van der Waals surface area contributed by atoms with Gasteiger partial charge in [-0.3, -0.25) is 14.5 Å². The predicted octanol–water partition coefficient (Wildman–Crippen LogP) is 1.68. The zero-order chi connectivity index (χ0) is 15.3.